The van der Waals surface area contributed by atoms with Gasteiger partial charge < -0.3 is 15.8 Å². The second-order valence-corrected chi connectivity index (χ2v) is 5.95. The number of carbonyl (C=O) groups is 1. The van der Waals surface area contributed by atoms with Gasteiger partial charge >= 0.3 is 0 Å². The maximum Gasteiger partial charge on any atom is 0.239 e. The Morgan fingerprint density at radius 2 is 2.50 bits per heavy atom. The molecule has 0 saturated carbocycles. The predicted octanol–water partition coefficient (Wildman–Crippen LogP) is 0.973. The molecule has 0 radical (unpaired) electrons. The molecule has 1 aromatic rings. The summed E-state index contributed by atoms with van der Waals surface area (Å²) in [4.78, 5) is 15.5. The molecule has 2 heterocycles. The highest BCUT2D eigenvalue weighted by Crippen LogP contribution is 2.31. The highest BCUT2D eigenvalue weighted by Gasteiger charge is 2.37. The van der Waals surface area contributed by atoms with Crippen LogP contribution in [-0.4, -0.2) is 49.7 Å². The summed E-state index contributed by atoms with van der Waals surface area (Å²) in [6.45, 7) is 3.89. The molecule has 3 unspecified atom stereocenters. The number of amides is 1. The average Bonchev–Trinajstić information content (AvgIpc) is 3.01. The van der Waals surface area contributed by atoms with Crippen molar-refractivity contribution in [2.75, 3.05) is 26.8 Å². The van der Waals surface area contributed by atoms with E-state index in [0.29, 0.717) is 13.2 Å². The van der Waals surface area contributed by atoms with Gasteiger partial charge in [-0.25, -0.2) is 0 Å². The Morgan fingerprint density at radius 1 is 1.70 bits per heavy atom. The first-order chi connectivity index (χ1) is 9.69. The predicted molar refractivity (Wildman–Crippen MR) is 80.7 cm³/mol. The monoisotopic (exact) mass is 297 g/mol. The van der Waals surface area contributed by atoms with Crippen LogP contribution in [0.3, 0.4) is 0 Å². The van der Waals surface area contributed by atoms with Crippen molar-refractivity contribution in [1.29, 1.82) is 0 Å². The van der Waals surface area contributed by atoms with Crippen LogP contribution in [0.4, 0.5) is 0 Å². The average molecular weight is 297 g/mol. The lowest BCUT2D eigenvalue weighted by Gasteiger charge is -2.41. The zero-order valence-corrected chi connectivity index (χ0v) is 12.9. The van der Waals surface area contributed by atoms with Crippen LogP contribution >= 0.6 is 11.3 Å². The van der Waals surface area contributed by atoms with Crippen LogP contribution in [0.25, 0.3) is 0 Å². The number of rotatable bonds is 5. The highest BCUT2D eigenvalue weighted by atomic mass is 32.1. The number of hydrogen-bond acceptors (Lipinski definition) is 5. The topological polar surface area (TPSA) is 67.6 Å². The Kier molecular flexibility index (Phi) is 5.54. The SMILES string of the molecule is CCC(N)C(c1cccs1)N1CCOCC1C(=O)NC. The van der Waals surface area contributed by atoms with Gasteiger partial charge in [0.15, 0.2) is 0 Å². The molecule has 2 rings (SSSR count). The summed E-state index contributed by atoms with van der Waals surface area (Å²) in [5.74, 6) is -0.00504. The minimum absolute atomic E-state index is 0.00504. The van der Waals surface area contributed by atoms with Crippen LogP contribution < -0.4 is 11.1 Å². The fourth-order valence-corrected chi connectivity index (χ4v) is 3.57. The highest BCUT2D eigenvalue weighted by molar-refractivity contribution is 7.10. The molecule has 1 saturated heterocycles. The van der Waals surface area contributed by atoms with E-state index in [2.05, 4.69) is 28.6 Å². The van der Waals surface area contributed by atoms with E-state index in [9.17, 15) is 4.79 Å². The van der Waals surface area contributed by atoms with Crippen LogP contribution in [0.15, 0.2) is 17.5 Å². The third-order valence-electron chi connectivity index (χ3n) is 3.79. The van der Waals surface area contributed by atoms with E-state index < -0.39 is 0 Å². The maximum atomic E-state index is 12.1. The van der Waals surface area contributed by atoms with Crippen molar-refractivity contribution < 1.29 is 9.53 Å². The Hall–Kier alpha value is -0.950. The lowest BCUT2D eigenvalue weighted by molar-refractivity contribution is -0.134. The molecule has 0 bridgehead atoms. The number of thiophene rings is 1. The van der Waals surface area contributed by atoms with Crippen molar-refractivity contribution in [3.63, 3.8) is 0 Å². The first-order valence-corrected chi connectivity index (χ1v) is 7.91. The van der Waals surface area contributed by atoms with Crippen molar-refractivity contribution in [2.45, 2.75) is 31.5 Å². The Bertz CT molecular complexity index is 424. The molecular weight excluding hydrogens is 274 g/mol. The van der Waals surface area contributed by atoms with Crippen molar-refractivity contribution in [1.82, 2.24) is 10.2 Å². The van der Waals surface area contributed by atoms with Gasteiger partial charge in [-0.15, -0.1) is 11.3 Å². The minimum Gasteiger partial charge on any atom is -0.378 e. The Labute approximate surface area is 124 Å². The number of likely N-dealkylation sites (N-methyl/N-ethyl adjacent to an activating group) is 1. The van der Waals surface area contributed by atoms with Gasteiger partial charge in [-0.05, 0) is 17.9 Å². The van der Waals surface area contributed by atoms with Crippen LogP contribution in [0.2, 0.25) is 0 Å². The molecule has 5 nitrogen and oxygen atoms in total. The number of morpholine rings is 1. The van der Waals surface area contributed by atoms with E-state index >= 15 is 0 Å². The lowest BCUT2D eigenvalue weighted by atomic mass is 10.00. The number of nitrogens with zero attached hydrogens (tertiary/aromatic N) is 1. The third kappa shape index (κ3) is 3.20. The molecule has 3 N–H and O–H groups in total. The lowest BCUT2D eigenvalue weighted by Crippen LogP contribution is -2.57. The summed E-state index contributed by atoms with van der Waals surface area (Å²) in [6.07, 6.45) is 0.875. The van der Waals surface area contributed by atoms with Crippen molar-refractivity contribution >= 4 is 17.2 Å². The molecule has 1 fully saturated rings. The maximum absolute atomic E-state index is 12.1. The summed E-state index contributed by atoms with van der Waals surface area (Å²) in [5.41, 5.74) is 6.34. The largest absolute Gasteiger partial charge is 0.378 e. The summed E-state index contributed by atoms with van der Waals surface area (Å²) < 4.78 is 5.48. The van der Waals surface area contributed by atoms with Crippen molar-refractivity contribution in [3.8, 4) is 0 Å². The van der Waals surface area contributed by atoms with Crippen molar-refractivity contribution in [3.05, 3.63) is 22.4 Å². The van der Waals surface area contributed by atoms with E-state index in [1.807, 2.05) is 6.07 Å². The van der Waals surface area contributed by atoms with Gasteiger partial charge in [-0.3, -0.25) is 9.69 Å². The molecular formula is C14H23N3O2S. The third-order valence-corrected chi connectivity index (χ3v) is 4.73. The summed E-state index contributed by atoms with van der Waals surface area (Å²) in [6, 6.07) is 3.95. The Balaban J connectivity index is 2.28. The van der Waals surface area contributed by atoms with Gasteiger partial charge in [-0.2, -0.15) is 0 Å². The number of nitrogens with one attached hydrogen (secondary N) is 1. The molecule has 1 aliphatic heterocycles. The molecule has 0 spiro atoms. The number of nitrogens with two attached hydrogens (primary N) is 1. The van der Waals surface area contributed by atoms with Gasteiger partial charge in [-0.1, -0.05) is 13.0 Å². The summed E-state index contributed by atoms with van der Waals surface area (Å²) in [5, 5.41) is 4.78. The zero-order valence-electron chi connectivity index (χ0n) is 12.0. The second kappa shape index (κ2) is 7.17. The Morgan fingerprint density at radius 3 is 3.10 bits per heavy atom. The van der Waals surface area contributed by atoms with Crippen LogP contribution in [0, 0.1) is 0 Å². The smallest absolute Gasteiger partial charge is 0.239 e. The fourth-order valence-electron chi connectivity index (χ4n) is 2.65. The van der Waals surface area contributed by atoms with E-state index in [1.165, 1.54) is 4.88 Å². The second-order valence-electron chi connectivity index (χ2n) is 4.98. The molecule has 0 aromatic carbocycles. The molecule has 112 valence electrons. The standard InChI is InChI=1S/C14H23N3O2S/c1-3-10(15)13(12-5-4-8-20-12)17-6-7-19-9-11(17)14(18)16-2/h4-5,8,10-11,13H,3,6-7,9,15H2,1-2H3,(H,16,18). The fraction of sp³-hybridized carbons (Fsp3) is 0.643. The number of hydrogen-bond donors (Lipinski definition) is 2. The van der Waals surface area contributed by atoms with Gasteiger partial charge in [0.05, 0.1) is 19.3 Å². The van der Waals surface area contributed by atoms with E-state index in [1.54, 1.807) is 18.4 Å². The summed E-state index contributed by atoms with van der Waals surface area (Å²) >= 11 is 1.70. The molecule has 0 aliphatic carbocycles. The number of carbonyl (C=O) groups excluding carboxylic acids is 1. The minimum atomic E-state index is -0.265. The van der Waals surface area contributed by atoms with Crippen LogP contribution in [-0.2, 0) is 9.53 Å². The number of ether oxygens (including phenoxy) is 1. The molecule has 3 atom stereocenters. The molecule has 20 heavy (non-hydrogen) atoms. The molecule has 6 heteroatoms. The van der Waals surface area contributed by atoms with Crippen LogP contribution in [0.5, 0.6) is 0 Å². The first kappa shape index (κ1) is 15.4. The van der Waals surface area contributed by atoms with Crippen molar-refractivity contribution in [2.24, 2.45) is 5.73 Å². The quantitative estimate of drug-likeness (QED) is 0.850. The molecule has 1 amide bonds. The zero-order chi connectivity index (χ0) is 14.5. The van der Waals surface area contributed by atoms with Gasteiger partial charge in [0.2, 0.25) is 5.91 Å². The molecule has 1 aliphatic rings. The first-order valence-electron chi connectivity index (χ1n) is 7.03. The van der Waals surface area contributed by atoms with E-state index in [-0.39, 0.29) is 24.0 Å². The van der Waals surface area contributed by atoms with E-state index in [4.69, 9.17) is 10.5 Å². The van der Waals surface area contributed by atoms with Gasteiger partial charge in [0, 0.05) is 24.5 Å². The van der Waals surface area contributed by atoms with Gasteiger partial charge in [0.25, 0.3) is 0 Å². The van der Waals surface area contributed by atoms with Crippen LogP contribution in [0.1, 0.15) is 24.3 Å². The van der Waals surface area contributed by atoms with E-state index in [0.717, 1.165) is 13.0 Å². The molecule has 1 aromatic heterocycles. The summed E-state index contributed by atoms with van der Waals surface area (Å²) in [7, 11) is 1.66. The normalized spacial score (nSPS) is 23.2. The van der Waals surface area contributed by atoms with Gasteiger partial charge in [0.1, 0.15) is 6.04 Å².